The molecule has 2 N–H and O–H groups in total. The van der Waals surface area contributed by atoms with E-state index in [1.54, 1.807) is 12.0 Å². The maximum atomic E-state index is 12.7. The number of methoxy groups -OCH3 is 1. The summed E-state index contributed by atoms with van der Waals surface area (Å²) in [4.78, 5) is 26.3. The van der Waals surface area contributed by atoms with Gasteiger partial charge in [-0.3, -0.25) is 4.79 Å². The van der Waals surface area contributed by atoms with Crippen molar-refractivity contribution in [2.45, 2.75) is 46.9 Å². The van der Waals surface area contributed by atoms with Gasteiger partial charge in [0.25, 0.3) is 0 Å². The van der Waals surface area contributed by atoms with Gasteiger partial charge in [0.2, 0.25) is 5.91 Å². The van der Waals surface area contributed by atoms with Gasteiger partial charge in [0, 0.05) is 31.6 Å². The lowest BCUT2D eigenvalue weighted by Gasteiger charge is -2.25. The molecule has 2 aromatic rings. The van der Waals surface area contributed by atoms with Crippen molar-refractivity contribution in [3.63, 3.8) is 0 Å². The molecule has 0 aliphatic heterocycles. The molecule has 32 heavy (non-hydrogen) atoms. The van der Waals surface area contributed by atoms with E-state index in [-0.39, 0.29) is 23.9 Å². The fourth-order valence-corrected chi connectivity index (χ4v) is 3.14. The summed E-state index contributed by atoms with van der Waals surface area (Å²) in [6, 6.07) is 15.4. The lowest BCUT2D eigenvalue weighted by Crippen LogP contribution is -2.44. The lowest BCUT2D eigenvalue weighted by molar-refractivity contribution is -0.135. The van der Waals surface area contributed by atoms with Crippen molar-refractivity contribution in [2.75, 3.05) is 20.2 Å². The molecule has 3 amide bonds. The van der Waals surface area contributed by atoms with Crippen molar-refractivity contribution in [2.24, 2.45) is 5.92 Å². The zero-order chi connectivity index (χ0) is 23.5. The molecule has 0 unspecified atom stereocenters. The predicted molar refractivity (Wildman–Crippen MR) is 126 cm³/mol. The zero-order valence-corrected chi connectivity index (χ0v) is 19.7. The van der Waals surface area contributed by atoms with E-state index in [0.717, 1.165) is 11.1 Å². The highest BCUT2D eigenvalue weighted by molar-refractivity contribution is 5.78. The van der Waals surface area contributed by atoms with E-state index in [1.807, 2.05) is 76.2 Å². The summed E-state index contributed by atoms with van der Waals surface area (Å²) in [6.45, 7) is 9.18. The van der Waals surface area contributed by atoms with Crippen LogP contribution in [0.5, 0.6) is 11.5 Å². The first-order chi connectivity index (χ1) is 15.3. The number of nitrogens with one attached hydrogen (secondary N) is 2. The minimum absolute atomic E-state index is 0.0273. The number of benzene rings is 2. The third-order valence-corrected chi connectivity index (χ3v) is 4.73. The molecule has 7 nitrogen and oxygen atoms in total. The predicted octanol–water partition coefficient (Wildman–Crippen LogP) is 3.97. The third kappa shape index (κ3) is 8.13. The molecule has 7 heteroatoms. The standard InChI is InChI=1S/C25H35N3O4/c1-18(2)24(29)28(14-13-26-25(30)27-19(3)4)16-21-11-12-22(23(15-21)31-5)32-17-20-9-7-6-8-10-20/h6-12,15,18-19H,13-14,16-17H2,1-5H3,(H2,26,27,30). The molecule has 0 atom stereocenters. The van der Waals surface area contributed by atoms with Crippen molar-refractivity contribution in [1.82, 2.24) is 15.5 Å². The van der Waals surface area contributed by atoms with Gasteiger partial charge in [-0.2, -0.15) is 0 Å². The second-order valence-electron chi connectivity index (χ2n) is 8.23. The Morgan fingerprint density at radius 2 is 1.69 bits per heavy atom. The number of ether oxygens (including phenoxy) is 2. The Bertz CT molecular complexity index is 869. The minimum Gasteiger partial charge on any atom is -0.493 e. The Morgan fingerprint density at radius 1 is 0.969 bits per heavy atom. The van der Waals surface area contributed by atoms with Gasteiger partial charge < -0.3 is 25.0 Å². The second kappa shape index (κ2) is 12.6. The fourth-order valence-electron chi connectivity index (χ4n) is 3.14. The van der Waals surface area contributed by atoms with Gasteiger partial charge in [0.1, 0.15) is 6.61 Å². The monoisotopic (exact) mass is 441 g/mol. The van der Waals surface area contributed by atoms with Crippen LogP contribution in [0.3, 0.4) is 0 Å². The summed E-state index contributed by atoms with van der Waals surface area (Å²) < 4.78 is 11.4. The number of hydrogen-bond acceptors (Lipinski definition) is 4. The van der Waals surface area contributed by atoms with Crippen molar-refractivity contribution >= 4 is 11.9 Å². The van der Waals surface area contributed by atoms with Crippen LogP contribution in [0.15, 0.2) is 48.5 Å². The number of urea groups is 1. The number of carbonyl (C=O) groups excluding carboxylic acids is 2. The smallest absolute Gasteiger partial charge is 0.315 e. The van der Waals surface area contributed by atoms with Gasteiger partial charge in [-0.05, 0) is 37.1 Å². The fraction of sp³-hybridized carbons (Fsp3) is 0.440. The van der Waals surface area contributed by atoms with Crippen LogP contribution in [0.25, 0.3) is 0 Å². The Balaban J connectivity index is 2.04. The molecule has 0 heterocycles. The minimum atomic E-state index is -0.237. The van der Waals surface area contributed by atoms with Crippen LogP contribution >= 0.6 is 0 Å². The van der Waals surface area contributed by atoms with Crippen LogP contribution in [0, 0.1) is 5.92 Å². The summed E-state index contributed by atoms with van der Waals surface area (Å²) in [5, 5.41) is 5.58. The summed E-state index contributed by atoms with van der Waals surface area (Å²) in [7, 11) is 1.60. The second-order valence-corrected chi connectivity index (χ2v) is 8.23. The molecule has 0 saturated heterocycles. The molecule has 2 rings (SSSR count). The van der Waals surface area contributed by atoms with E-state index >= 15 is 0 Å². The Kier molecular flexibility index (Phi) is 9.85. The maximum Gasteiger partial charge on any atom is 0.315 e. The lowest BCUT2D eigenvalue weighted by atomic mass is 10.1. The molecule has 0 spiro atoms. The quantitative estimate of drug-likeness (QED) is 0.553. The number of amides is 3. The SMILES string of the molecule is COc1cc(CN(CCNC(=O)NC(C)C)C(=O)C(C)C)ccc1OCc1ccccc1. The molecular formula is C25H35N3O4. The number of nitrogens with zero attached hydrogens (tertiary/aromatic N) is 1. The Morgan fingerprint density at radius 3 is 2.31 bits per heavy atom. The van der Waals surface area contributed by atoms with Gasteiger partial charge in [-0.25, -0.2) is 4.79 Å². The van der Waals surface area contributed by atoms with Crippen LogP contribution < -0.4 is 20.1 Å². The van der Waals surface area contributed by atoms with Gasteiger partial charge >= 0.3 is 6.03 Å². The summed E-state index contributed by atoms with van der Waals surface area (Å²) >= 11 is 0. The first kappa shape index (κ1) is 25.0. The van der Waals surface area contributed by atoms with Gasteiger partial charge in [0.15, 0.2) is 11.5 Å². The van der Waals surface area contributed by atoms with E-state index in [1.165, 1.54) is 0 Å². The highest BCUT2D eigenvalue weighted by atomic mass is 16.5. The largest absolute Gasteiger partial charge is 0.493 e. The van der Waals surface area contributed by atoms with Crippen molar-refractivity contribution < 1.29 is 19.1 Å². The summed E-state index contributed by atoms with van der Waals surface area (Å²) in [6.07, 6.45) is 0. The molecule has 0 bridgehead atoms. The third-order valence-electron chi connectivity index (χ3n) is 4.73. The molecule has 174 valence electrons. The average molecular weight is 442 g/mol. The highest BCUT2D eigenvalue weighted by Gasteiger charge is 2.18. The van der Waals surface area contributed by atoms with Gasteiger partial charge in [-0.15, -0.1) is 0 Å². The molecule has 0 aliphatic rings. The van der Waals surface area contributed by atoms with Crippen LogP contribution in [-0.4, -0.2) is 43.1 Å². The normalized spacial score (nSPS) is 10.7. The van der Waals surface area contributed by atoms with E-state index in [2.05, 4.69) is 10.6 Å². The molecule has 2 aromatic carbocycles. The van der Waals surface area contributed by atoms with Gasteiger partial charge in [-0.1, -0.05) is 50.2 Å². The van der Waals surface area contributed by atoms with E-state index < -0.39 is 0 Å². The van der Waals surface area contributed by atoms with Crippen LogP contribution in [-0.2, 0) is 17.9 Å². The molecule has 0 aliphatic carbocycles. The van der Waals surface area contributed by atoms with E-state index in [9.17, 15) is 9.59 Å². The first-order valence-corrected chi connectivity index (χ1v) is 11.0. The molecule has 0 fully saturated rings. The van der Waals surface area contributed by atoms with Gasteiger partial charge in [0.05, 0.1) is 7.11 Å². The number of carbonyl (C=O) groups is 2. The van der Waals surface area contributed by atoms with Crippen molar-refractivity contribution in [3.05, 3.63) is 59.7 Å². The number of rotatable bonds is 11. The Hall–Kier alpha value is -3.22. The van der Waals surface area contributed by atoms with E-state index in [0.29, 0.717) is 37.7 Å². The van der Waals surface area contributed by atoms with Crippen LogP contribution in [0.4, 0.5) is 4.79 Å². The summed E-state index contributed by atoms with van der Waals surface area (Å²) in [5.41, 5.74) is 2.00. The number of hydrogen-bond donors (Lipinski definition) is 2. The molecular weight excluding hydrogens is 406 g/mol. The molecule has 0 aromatic heterocycles. The van der Waals surface area contributed by atoms with Crippen LogP contribution in [0.1, 0.15) is 38.8 Å². The Labute approximate surface area is 191 Å². The van der Waals surface area contributed by atoms with Crippen molar-refractivity contribution in [3.8, 4) is 11.5 Å². The topological polar surface area (TPSA) is 79.9 Å². The first-order valence-electron chi connectivity index (χ1n) is 11.0. The average Bonchev–Trinajstić information content (AvgIpc) is 2.77. The molecule has 0 radical (unpaired) electrons. The van der Waals surface area contributed by atoms with E-state index in [4.69, 9.17) is 9.47 Å². The summed E-state index contributed by atoms with van der Waals surface area (Å²) in [5.74, 6) is 1.15. The van der Waals surface area contributed by atoms with Crippen molar-refractivity contribution in [1.29, 1.82) is 0 Å². The van der Waals surface area contributed by atoms with Crippen LogP contribution in [0.2, 0.25) is 0 Å². The molecule has 0 saturated carbocycles. The highest BCUT2D eigenvalue weighted by Crippen LogP contribution is 2.29. The maximum absolute atomic E-state index is 12.7. The zero-order valence-electron chi connectivity index (χ0n) is 19.7.